The molecule has 0 spiro atoms. The number of para-hydroxylation sites is 2. The maximum absolute atomic E-state index is 12.8. The normalized spacial score (nSPS) is 14.3. The molecule has 1 amide bonds. The highest BCUT2D eigenvalue weighted by molar-refractivity contribution is 5.94. The maximum atomic E-state index is 12.8. The number of carbonyl (C=O) groups is 1. The summed E-state index contributed by atoms with van der Waals surface area (Å²) < 4.78 is 7.49. The molecule has 0 unspecified atom stereocenters. The number of aromatic nitrogens is 1. The third-order valence-corrected chi connectivity index (χ3v) is 5.01. The van der Waals surface area contributed by atoms with Crippen LogP contribution < -0.4 is 9.64 Å². The van der Waals surface area contributed by atoms with Crippen molar-refractivity contribution < 1.29 is 9.53 Å². The molecule has 27 heavy (non-hydrogen) atoms. The van der Waals surface area contributed by atoms with Crippen LogP contribution in [0.5, 0.6) is 5.75 Å². The molecule has 1 fully saturated rings. The average Bonchev–Trinajstić information content (AvgIpc) is 3.28. The van der Waals surface area contributed by atoms with Crippen molar-refractivity contribution in [2.75, 3.05) is 38.2 Å². The second-order valence-electron chi connectivity index (χ2n) is 6.59. The Morgan fingerprint density at radius 1 is 0.852 bits per heavy atom. The summed E-state index contributed by atoms with van der Waals surface area (Å²) in [6.45, 7) is 3.01. The monoisotopic (exact) mass is 361 g/mol. The Morgan fingerprint density at radius 2 is 1.52 bits per heavy atom. The highest BCUT2D eigenvalue weighted by Crippen LogP contribution is 2.28. The minimum absolute atomic E-state index is 0.0914. The summed E-state index contributed by atoms with van der Waals surface area (Å²) in [6.07, 6.45) is 3.99. The van der Waals surface area contributed by atoms with E-state index in [4.69, 9.17) is 4.74 Å². The number of piperazine rings is 1. The summed E-state index contributed by atoms with van der Waals surface area (Å²) >= 11 is 0. The van der Waals surface area contributed by atoms with Gasteiger partial charge in [-0.25, -0.2) is 0 Å². The molecule has 138 valence electrons. The Bertz CT molecular complexity index is 896. The van der Waals surface area contributed by atoms with Crippen molar-refractivity contribution in [1.82, 2.24) is 9.47 Å². The SMILES string of the molecule is COc1ccccc1N1CCN(C(=O)c2ccc(-n3cccc3)cc2)CC1. The first kappa shape index (κ1) is 17.2. The van der Waals surface area contributed by atoms with E-state index in [-0.39, 0.29) is 5.91 Å². The number of amides is 1. The van der Waals surface area contributed by atoms with Crippen molar-refractivity contribution in [3.63, 3.8) is 0 Å². The quantitative estimate of drug-likeness (QED) is 0.714. The lowest BCUT2D eigenvalue weighted by Gasteiger charge is -2.36. The molecule has 0 atom stereocenters. The van der Waals surface area contributed by atoms with Gasteiger partial charge < -0.3 is 19.1 Å². The summed E-state index contributed by atoms with van der Waals surface area (Å²) in [7, 11) is 1.69. The van der Waals surface area contributed by atoms with Crippen LogP contribution in [0, 0.1) is 0 Å². The number of benzene rings is 2. The first-order chi connectivity index (χ1) is 13.3. The van der Waals surface area contributed by atoms with Crippen LogP contribution in [-0.4, -0.2) is 48.7 Å². The van der Waals surface area contributed by atoms with Crippen LogP contribution in [0.15, 0.2) is 73.1 Å². The van der Waals surface area contributed by atoms with Crippen molar-refractivity contribution in [1.29, 1.82) is 0 Å². The van der Waals surface area contributed by atoms with Gasteiger partial charge in [0, 0.05) is 49.8 Å². The van der Waals surface area contributed by atoms with Crippen LogP contribution in [0.2, 0.25) is 0 Å². The zero-order chi connectivity index (χ0) is 18.6. The lowest BCUT2D eigenvalue weighted by atomic mass is 10.1. The van der Waals surface area contributed by atoms with Crippen LogP contribution in [0.25, 0.3) is 5.69 Å². The van der Waals surface area contributed by atoms with Gasteiger partial charge in [0.05, 0.1) is 12.8 Å². The van der Waals surface area contributed by atoms with Gasteiger partial charge >= 0.3 is 0 Å². The number of nitrogens with zero attached hydrogens (tertiary/aromatic N) is 3. The lowest BCUT2D eigenvalue weighted by Crippen LogP contribution is -2.48. The Morgan fingerprint density at radius 3 is 2.19 bits per heavy atom. The van der Waals surface area contributed by atoms with Crippen LogP contribution in [0.3, 0.4) is 0 Å². The van der Waals surface area contributed by atoms with E-state index in [1.54, 1.807) is 7.11 Å². The molecule has 5 heteroatoms. The van der Waals surface area contributed by atoms with Gasteiger partial charge in [-0.15, -0.1) is 0 Å². The number of carbonyl (C=O) groups excluding carboxylic acids is 1. The number of ether oxygens (including phenoxy) is 1. The second kappa shape index (κ2) is 7.58. The van der Waals surface area contributed by atoms with Crippen molar-refractivity contribution in [3.8, 4) is 11.4 Å². The predicted molar refractivity (Wildman–Crippen MR) is 107 cm³/mol. The first-order valence-corrected chi connectivity index (χ1v) is 9.17. The first-order valence-electron chi connectivity index (χ1n) is 9.17. The third kappa shape index (κ3) is 3.53. The number of anilines is 1. The van der Waals surface area contributed by atoms with Crippen LogP contribution in [0.1, 0.15) is 10.4 Å². The molecule has 1 saturated heterocycles. The molecule has 2 heterocycles. The minimum Gasteiger partial charge on any atom is -0.495 e. The molecule has 1 aromatic heterocycles. The van der Waals surface area contributed by atoms with Crippen molar-refractivity contribution in [2.24, 2.45) is 0 Å². The minimum atomic E-state index is 0.0914. The van der Waals surface area contributed by atoms with Gasteiger partial charge in [0.2, 0.25) is 0 Å². The summed E-state index contributed by atoms with van der Waals surface area (Å²) in [5, 5.41) is 0. The van der Waals surface area contributed by atoms with Crippen LogP contribution in [0.4, 0.5) is 5.69 Å². The summed E-state index contributed by atoms with van der Waals surface area (Å²) in [5.74, 6) is 0.964. The second-order valence-corrected chi connectivity index (χ2v) is 6.59. The maximum Gasteiger partial charge on any atom is 0.253 e. The molecule has 3 aromatic rings. The fourth-order valence-electron chi connectivity index (χ4n) is 3.51. The molecule has 0 aliphatic carbocycles. The zero-order valence-electron chi connectivity index (χ0n) is 15.4. The average molecular weight is 361 g/mol. The molecule has 0 saturated carbocycles. The smallest absolute Gasteiger partial charge is 0.253 e. The molecule has 0 N–H and O–H groups in total. The highest BCUT2D eigenvalue weighted by Gasteiger charge is 2.23. The Labute approximate surface area is 159 Å². The lowest BCUT2D eigenvalue weighted by molar-refractivity contribution is 0.0746. The van der Waals surface area contributed by atoms with E-state index in [0.29, 0.717) is 13.1 Å². The van der Waals surface area contributed by atoms with Crippen molar-refractivity contribution >= 4 is 11.6 Å². The van der Waals surface area contributed by atoms with Crippen LogP contribution in [-0.2, 0) is 0 Å². The Balaban J connectivity index is 1.41. The van der Waals surface area contributed by atoms with Gasteiger partial charge in [0.15, 0.2) is 0 Å². The van der Waals surface area contributed by atoms with E-state index >= 15 is 0 Å². The molecular formula is C22H23N3O2. The summed E-state index contributed by atoms with van der Waals surface area (Å²) in [6, 6.07) is 19.8. The third-order valence-electron chi connectivity index (χ3n) is 5.01. The molecule has 5 nitrogen and oxygen atoms in total. The highest BCUT2D eigenvalue weighted by atomic mass is 16.5. The van der Waals surface area contributed by atoms with Crippen LogP contribution >= 0.6 is 0 Å². The Kier molecular flexibility index (Phi) is 4.83. The largest absolute Gasteiger partial charge is 0.495 e. The standard InChI is InChI=1S/C22H23N3O2/c1-27-21-7-3-2-6-20(21)24-14-16-25(17-15-24)22(26)18-8-10-19(11-9-18)23-12-4-5-13-23/h2-13H,14-17H2,1H3. The summed E-state index contributed by atoms with van der Waals surface area (Å²) in [5.41, 5.74) is 2.87. The van der Waals surface area contributed by atoms with Gasteiger partial charge in [-0.2, -0.15) is 0 Å². The van der Waals surface area contributed by atoms with Gasteiger partial charge in [-0.05, 0) is 48.5 Å². The fourth-order valence-corrected chi connectivity index (χ4v) is 3.51. The van der Waals surface area contributed by atoms with E-state index in [0.717, 1.165) is 35.8 Å². The van der Waals surface area contributed by atoms with E-state index in [9.17, 15) is 4.79 Å². The molecule has 0 radical (unpaired) electrons. The number of methoxy groups -OCH3 is 1. The van der Waals surface area contributed by atoms with Gasteiger partial charge in [0.25, 0.3) is 5.91 Å². The molecule has 2 aromatic carbocycles. The molecule has 1 aliphatic rings. The van der Waals surface area contributed by atoms with E-state index < -0.39 is 0 Å². The van der Waals surface area contributed by atoms with Crippen molar-refractivity contribution in [3.05, 3.63) is 78.6 Å². The van der Waals surface area contributed by atoms with Crippen molar-refractivity contribution in [2.45, 2.75) is 0 Å². The fraction of sp³-hybridized carbons (Fsp3) is 0.227. The summed E-state index contributed by atoms with van der Waals surface area (Å²) in [4.78, 5) is 17.0. The predicted octanol–water partition coefficient (Wildman–Crippen LogP) is 3.45. The molecule has 4 rings (SSSR count). The zero-order valence-corrected chi connectivity index (χ0v) is 15.4. The van der Waals surface area contributed by atoms with E-state index in [2.05, 4.69) is 11.0 Å². The molecule has 1 aliphatic heterocycles. The number of hydrogen-bond acceptors (Lipinski definition) is 3. The Hall–Kier alpha value is -3.21. The van der Waals surface area contributed by atoms with Gasteiger partial charge in [0.1, 0.15) is 5.75 Å². The van der Waals surface area contributed by atoms with Gasteiger partial charge in [-0.1, -0.05) is 12.1 Å². The van der Waals surface area contributed by atoms with Gasteiger partial charge in [-0.3, -0.25) is 4.79 Å². The topological polar surface area (TPSA) is 37.7 Å². The van der Waals surface area contributed by atoms with E-state index in [1.165, 1.54) is 0 Å². The molecular weight excluding hydrogens is 338 g/mol. The number of rotatable bonds is 4. The number of hydrogen-bond donors (Lipinski definition) is 0. The van der Waals surface area contributed by atoms with E-state index in [1.807, 2.05) is 76.5 Å². The molecule has 0 bridgehead atoms.